The van der Waals surface area contributed by atoms with Crippen LogP contribution >= 0.6 is 0 Å². The third kappa shape index (κ3) is 6.50. The summed E-state index contributed by atoms with van der Waals surface area (Å²) in [6.07, 6.45) is 2.54. The number of Topliss-reactive ketones (excluding diaryl/α,β-unsaturated/α-hetero) is 1. The van der Waals surface area contributed by atoms with Crippen molar-refractivity contribution in [2.24, 2.45) is 11.8 Å². The SMILES string of the molecule is CCCCC(=O)c1ccc(OCC(C)C)c(OCC(C)C)c1. The van der Waals surface area contributed by atoms with E-state index < -0.39 is 0 Å². The molecule has 0 atom stereocenters. The van der Waals surface area contributed by atoms with Gasteiger partial charge in [0.25, 0.3) is 0 Å². The van der Waals surface area contributed by atoms with Crippen LogP contribution in [0, 0.1) is 11.8 Å². The van der Waals surface area contributed by atoms with E-state index in [0.29, 0.717) is 42.8 Å². The summed E-state index contributed by atoms with van der Waals surface area (Å²) in [5.41, 5.74) is 0.712. The number of hydrogen-bond acceptors (Lipinski definition) is 3. The molecule has 3 nitrogen and oxygen atoms in total. The summed E-state index contributed by atoms with van der Waals surface area (Å²) in [7, 11) is 0. The van der Waals surface area contributed by atoms with Gasteiger partial charge in [-0.1, -0.05) is 41.0 Å². The van der Waals surface area contributed by atoms with E-state index in [0.717, 1.165) is 18.6 Å². The summed E-state index contributed by atoms with van der Waals surface area (Å²) in [6.45, 7) is 11.8. The number of unbranched alkanes of at least 4 members (excludes halogenated alkanes) is 1. The highest BCUT2D eigenvalue weighted by Gasteiger charge is 2.12. The third-order valence-corrected chi connectivity index (χ3v) is 3.17. The van der Waals surface area contributed by atoms with Crippen molar-refractivity contribution in [3.8, 4) is 11.5 Å². The Kier molecular flexibility index (Phi) is 8.00. The van der Waals surface area contributed by atoms with Gasteiger partial charge in [0.1, 0.15) is 0 Å². The predicted molar refractivity (Wildman–Crippen MR) is 91.0 cm³/mol. The lowest BCUT2D eigenvalue weighted by molar-refractivity contribution is 0.0979. The molecule has 0 aliphatic rings. The van der Waals surface area contributed by atoms with Crippen LogP contribution in [0.1, 0.15) is 64.2 Å². The van der Waals surface area contributed by atoms with Gasteiger partial charge in [-0.05, 0) is 36.5 Å². The molecule has 0 spiro atoms. The zero-order chi connectivity index (χ0) is 16.5. The molecule has 0 saturated heterocycles. The number of benzene rings is 1. The van der Waals surface area contributed by atoms with Gasteiger partial charge in [0.05, 0.1) is 13.2 Å². The first kappa shape index (κ1) is 18.5. The molecular formula is C19H30O3. The summed E-state index contributed by atoms with van der Waals surface area (Å²) < 4.78 is 11.7. The largest absolute Gasteiger partial charge is 0.489 e. The maximum absolute atomic E-state index is 12.2. The van der Waals surface area contributed by atoms with E-state index in [4.69, 9.17) is 9.47 Å². The maximum Gasteiger partial charge on any atom is 0.163 e. The van der Waals surface area contributed by atoms with Crippen molar-refractivity contribution in [2.75, 3.05) is 13.2 Å². The Bertz CT molecular complexity index is 464. The fourth-order valence-electron chi connectivity index (χ4n) is 1.91. The van der Waals surface area contributed by atoms with Gasteiger partial charge < -0.3 is 9.47 Å². The lowest BCUT2D eigenvalue weighted by Crippen LogP contribution is -2.10. The van der Waals surface area contributed by atoms with Crippen LogP contribution in [0.5, 0.6) is 11.5 Å². The van der Waals surface area contributed by atoms with Gasteiger partial charge in [-0.3, -0.25) is 4.79 Å². The molecule has 1 aromatic carbocycles. The molecule has 0 bridgehead atoms. The van der Waals surface area contributed by atoms with E-state index in [1.54, 1.807) is 0 Å². The number of hydrogen-bond donors (Lipinski definition) is 0. The zero-order valence-corrected chi connectivity index (χ0v) is 14.6. The van der Waals surface area contributed by atoms with Gasteiger partial charge in [0, 0.05) is 12.0 Å². The molecule has 0 unspecified atom stereocenters. The van der Waals surface area contributed by atoms with Crippen LogP contribution < -0.4 is 9.47 Å². The highest BCUT2D eigenvalue weighted by molar-refractivity contribution is 5.96. The topological polar surface area (TPSA) is 35.5 Å². The standard InChI is InChI=1S/C19H30O3/c1-6-7-8-17(20)16-9-10-18(21-12-14(2)3)19(11-16)22-13-15(4)5/h9-11,14-15H,6-8,12-13H2,1-5H3. The van der Waals surface area contributed by atoms with Crippen LogP contribution in [0.2, 0.25) is 0 Å². The van der Waals surface area contributed by atoms with Gasteiger partial charge in [-0.15, -0.1) is 0 Å². The minimum absolute atomic E-state index is 0.173. The molecule has 0 saturated carbocycles. The zero-order valence-electron chi connectivity index (χ0n) is 14.6. The second kappa shape index (κ2) is 9.50. The summed E-state index contributed by atoms with van der Waals surface area (Å²) in [5.74, 6) is 2.45. The molecule has 0 fully saturated rings. The van der Waals surface area contributed by atoms with Gasteiger partial charge in [0.2, 0.25) is 0 Å². The van der Waals surface area contributed by atoms with Crippen LogP contribution in [0.4, 0.5) is 0 Å². The van der Waals surface area contributed by atoms with Crippen molar-refractivity contribution in [1.29, 1.82) is 0 Å². The summed E-state index contributed by atoms with van der Waals surface area (Å²) in [6, 6.07) is 5.53. The average molecular weight is 306 g/mol. The molecular weight excluding hydrogens is 276 g/mol. The molecule has 0 N–H and O–H groups in total. The third-order valence-electron chi connectivity index (χ3n) is 3.17. The number of rotatable bonds is 10. The average Bonchev–Trinajstić information content (AvgIpc) is 2.48. The Hall–Kier alpha value is -1.51. The molecule has 0 aliphatic heterocycles. The fraction of sp³-hybridized carbons (Fsp3) is 0.632. The molecule has 0 aliphatic carbocycles. The van der Waals surface area contributed by atoms with Crippen molar-refractivity contribution < 1.29 is 14.3 Å². The Morgan fingerprint density at radius 1 is 1.00 bits per heavy atom. The van der Waals surface area contributed by atoms with E-state index in [1.165, 1.54) is 0 Å². The van der Waals surface area contributed by atoms with Crippen LogP contribution in [0.25, 0.3) is 0 Å². The van der Waals surface area contributed by atoms with Crippen molar-refractivity contribution >= 4 is 5.78 Å². The van der Waals surface area contributed by atoms with Crippen molar-refractivity contribution in [3.05, 3.63) is 23.8 Å². The fourth-order valence-corrected chi connectivity index (χ4v) is 1.91. The Morgan fingerprint density at radius 3 is 2.14 bits per heavy atom. The number of carbonyl (C=O) groups excluding carboxylic acids is 1. The molecule has 0 radical (unpaired) electrons. The lowest BCUT2D eigenvalue weighted by Gasteiger charge is -2.16. The molecule has 22 heavy (non-hydrogen) atoms. The first-order valence-electron chi connectivity index (χ1n) is 8.36. The van der Waals surface area contributed by atoms with E-state index in [1.807, 2.05) is 18.2 Å². The Labute approximate surface area is 135 Å². The molecule has 0 heterocycles. The first-order valence-corrected chi connectivity index (χ1v) is 8.36. The van der Waals surface area contributed by atoms with Crippen LogP contribution in [-0.2, 0) is 0 Å². The second-order valence-corrected chi connectivity index (χ2v) is 6.60. The second-order valence-electron chi connectivity index (χ2n) is 6.60. The molecule has 1 aromatic rings. The summed E-state index contributed by atoms with van der Waals surface area (Å²) in [4.78, 5) is 12.2. The minimum atomic E-state index is 0.173. The molecule has 0 aromatic heterocycles. The smallest absolute Gasteiger partial charge is 0.163 e. The van der Waals surface area contributed by atoms with E-state index in [2.05, 4.69) is 34.6 Å². The molecule has 124 valence electrons. The molecule has 3 heteroatoms. The van der Waals surface area contributed by atoms with Crippen molar-refractivity contribution in [2.45, 2.75) is 53.9 Å². The maximum atomic E-state index is 12.2. The van der Waals surface area contributed by atoms with Gasteiger partial charge in [-0.2, -0.15) is 0 Å². The number of ether oxygens (including phenoxy) is 2. The van der Waals surface area contributed by atoms with Crippen LogP contribution in [-0.4, -0.2) is 19.0 Å². The predicted octanol–water partition coefficient (Wildman–Crippen LogP) is 5.13. The quantitative estimate of drug-likeness (QED) is 0.562. The summed E-state index contributed by atoms with van der Waals surface area (Å²) >= 11 is 0. The Balaban J connectivity index is 2.89. The normalized spacial score (nSPS) is 11.0. The lowest BCUT2D eigenvalue weighted by atomic mass is 10.1. The number of ketones is 1. The number of carbonyl (C=O) groups is 1. The van der Waals surface area contributed by atoms with Crippen LogP contribution in [0.15, 0.2) is 18.2 Å². The van der Waals surface area contributed by atoms with E-state index in [9.17, 15) is 4.79 Å². The highest BCUT2D eigenvalue weighted by atomic mass is 16.5. The first-order chi connectivity index (χ1) is 10.4. The highest BCUT2D eigenvalue weighted by Crippen LogP contribution is 2.30. The van der Waals surface area contributed by atoms with Gasteiger partial charge >= 0.3 is 0 Å². The monoisotopic (exact) mass is 306 g/mol. The summed E-state index contributed by atoms with van der Waals surface area (Å²) in [5, 5.41) is 0. The van der Waals surface area contributed by atoms with E-state index in [-0.39, 0.29) is 5.78 Å². The van der Waals surface area contributed by atoms with E-state index >= 15 is 0 Å². The molecule has 1 rings (SSSR count). The van der Waals surface area contributed by atoms with Gasteiger partial charge in [0.15, 0.2) is 17.3 Å². The van der Waals surface area contributed by atoms with Crippen molar-refractivity contribution in [3.63, 3.8) is 0 Å². The van der Waals surface area contributed by atoms with Crippen molar-refractivity contribution in [1.82, 2.24) is 0 Å². The Morgan fingerprint density at radius 2 is 1.59 bits per heavy atom. The molecule has 0 amide bonds. The minimum Gasteiger partial charge on any atom is -0.489 e. The van der Waals surface area contributed by atoms with Gasteiger partial charge in [-0.25, -0.2) is 0 Å². The van der Waals surface area contributed by atoms with Crippen LogP contribution in [0.3, 0.4) is 0 Å².